The molecule has 0 spiro atoms. The number of amides is 1. The molecule has 1 heterocycles. The first-order chi connectivity index (χ1) is 11.7. The normalized spacial score (nSPS) is 15.4. The Balaban J connectivity index is 1.44. The standard InChI is InChI=1S/C18H24N4OS/c1-13-7-9-15(10-8-13)17-20-18(22-21-17)24-12-16(23)19-11-14-5-3-2-4-6-14/h7-10,14H,2-6,11-12H2,1H3,(H,19,23)(H,20,21,22). The summed E-state index contributed by atoms with van der Waals surface area (Å²) in [4.78, 5) is 16.4. The monoisotopic (exact) mass is 344 g/mol. The minimum absolute atomic E-state index is 0.0623. The van der Waals surface area contributed by atoms with Crippen LogP contribution in [-0.4, -0.2) is 33.4 Å². The van der Waals surface area contributed by atoms with Gasteiger partial charge in [-0.25, -0.2) is 4.98 Å². The number of carbonyl (C=O) groups excluding carboxylic acids is 1. The van der Waals surface area contributed by atoms with Crippen LogP contribution in [0.1, 0.15) is 37.7 Å². The van der Waals surface area contributed by atoms with Crippen LogP contribution >= 0.6 is 11.8 Å². The Kier molecular flexibility index (Phi) is 5.91. The van der Waals surface area contributed by atoms with E-state index >= 15 is 0 Å². The van der Waals surface area contributed by atoms with Crippen LogP contribution in [0.2, 0.25) is 0 Å². The van der Waals surface area contributed by atoms with Crippen molar-refractivity contribution in [1.82, 2.24) is 20.5 Å². The fourth-order valence-corrected chi connectivity index (χ4v) is 3.61. The molecule has 1 aromatic carbocycles. The lowest BCUT2D eigenvalue weighted by Gasteiger charge is -2.21. The zero-order valence-corrected chi connectivity index (χ0v) is 14.9. The quantitative estimate of drug-likeness (QED) is 0.786. The molecule has 0 unspecified atom stereocenters. The van der Waals surface area contributed by atoms with Crippen LogP contribution in [0.25, 0.3) is 11.4 Å². The number of aromatic amines is 1. The maximum absolute atomic E-state index is 12.0. The Morgan fingerprint density at radius 3 is 2.75 bits per heavy atom. The summed E-state index contributed by atoms with van der Waals surface area (Å²) in [5.41, 5.74) is 2.21. The van der Waals surface area contributed by atoms with Crippen molar-refractivity contribution >= 4 is 17.7 Å². The second-order valence-corrected chi connectivity index (χ2v) is 7.37. The first-order valence-corrected chi connectivity index (χ1v) is 9.58. The molecule has 2 N–H and O–H groups in total. The number of benzene rings is 1. The van der Waals surface area contributed by atoms with E-state index in [0.29, 0.717) is 16.8 Å². The Bertz CT molecular complexity index is 662. The summed E-state index contributed by atoms with van der Waals surface area (Å²) >= 11 is 1.37. The van der Waals surface area contributed by atoms with Crippen LogP contribution in [0.3, 0.4) is 0 Å². The van der Waals surface area contributed by atoms with E-state index in [1.54, 1.807) is 0 Å². The van der Waals surface area contributed by atoms with Crippen molar-refractivity contribution < 1.29 is 4.79 Å². The number of hydrogen-bond donors (Lipinski definition) is 2. The number of aryl methyl sites for hydroxylation is 1. The molecule has 24 heavy (non-hydrogen) atoms. The predicted octanol–water partition coefficient (Wildman–Crippen LogP) is 3.57. The molecule has 1 aromatic heterocycles. The van der Waals surface area contributed by atoms with E-state index in [1.165, 1.54) is 49.4 Å². The van der Waals surface area contributed by atoms with Crippen molar-refractivity contribution in [2.24, 2.45) is 5.92 Å². The van der Waals surface area contributed by atoms with Gasteiger partial charge in [0, 0.05) is 12.1 Å². The number of hydrogen-bond acceptors (Lipinski definition) is 4. The molecule has 128 valence electrons. The van der Waals surface area contributed by atoms with Crippen LogP contribution in [0.15, 0.2) is 29.4 Å². The number of nitrogens with one attached hydrogen (secondary N) is 2. The highest BCUT2D eigenvalue weighted by Gasteiger charge is 2.15. The molecule has 0 radical (unpaired) electrons. The van der Waals surface area contributed by atoms with Gasteiger partial charge in [-0.05, 0) is 25.7 Å². The van der Waals surface area contributed by atoms with Crippen molar-refractivity contribution in [3.8, 4) is 11.4 Å². The van der Waals surface area contributed by atoms with Crippen LogP contribution in [0.5, 0.6) is 0 Å². The van der Waals surface area contributed by atoms with Crippen molar-refractivity contribution in [1.29, 1.82) is 0 Å². The van der Waals surface area contributed by atoms with E-state index in [9.17, 15) is 4.79 Å². The number of carbonyl (C=O) groups is 1. The minimum atomic E-state index is 0.0623. The van der Waals surface area contributed by atoms with Gasteiger partial charge in [-0.3, -0.25) is 9.89 Å². The molecule has 1 aliphatic rings. The zero-order chi connectivity index (χ0) is 16.8. The van der Waals surface area contributed by atoms with Gasteiger partial charge in [-0.15, -0.1) is 5.10 Å². The van der Waals surface area contributed by atoms with Crippen LogP contribution in [0, 0.1) is 12.8 Å². The van der Waals surface area contributed by atoms with Gasteiger partial charge in [0.25, 0.3) is 0 Å². The Hall–Kier alpha value is -1.82. The van der Waals surface area contributed by atoms with Gasteiger partial charge < -0.3 is 5.32 Å². The second-order valence-electron chi connectivity index (χ2n) is 6.43. The predicted molar refractivity (Wildman–Crippen MR) is 96.9 cm³/mol. The van der Waals surface area contributed by atoms with Crippen LogP contribution in [0.4, 0.5) is 0 Å². The lowest BCUT2D eigenvalue weighted by molar-refractivity contribution is -0.118. The number of H-pyrrole nitrogens is 1. The molecule has 1 aliphatic carbocycles. The lowest BCUT2D eigenvalue weighted by Crippen LogP contribution is -2.31. The molecule has 3 rings (SSSR count). The van der Waals surface area contributed by atoms with Crippen molar-refractivity contribution in [2.45, 2.75) is 44.2 Å². The molecule has 0 saturated heterocycles. The van der Waals surface area contributed by atoms with Crippen molar-refractivity contribution in [3.63, 3.8) is 0 Å². The number of aromatic nitrogens is 3. The summed E-state index contributed by atoms with van der Waals surface area (Å²) in [5.74, 6) is 1.81. The molecule has 5 nitrogen and oxygen atoms in total. The van der Waals surface area contributed by atoms with E-state index in [4.69, 9.17) is 0 Å². The number of rotatable bonds is 6. The summed E-state index contributed by atoms with van der Waals surface area (Å²) in [5, 5.41) is 10.8. The van der Waals surface area contributed by atoms with Gasteiger partial charge in [-0.2, -0.15) is 0 Å². The van der Waals surface area contributed by atoms with Gasteiger partial charge >= 0.3 is 0 Å². The third-order valence-electron chi connectivity index (χ3n) is 4.43. The Morgan fingerprint density at radius 2 is 2.00 bits per heavy atom. The second kappa shape index (κ2) is 8.33. The number of nitrogens with zero attached hydrogens (tertiary/aromatic N) is 2. The van der Waals surface area contributed by atoms with Crippen molar-refractivity contribution in [3.05, 3.63) is 29.8 Å². The third kappa shape index (κ3) is 4.84. The molecule has 1 saturated carbocycles. The number of thioether (sulfide) groups is 1. The first kappa shape index (κ1) is 17.0. The summed E-state index contributed by atoms with van der Waals surface area (Å²) in [6, 6.07) is 8.12. The van der Waals surface area contributed by atoms with Crippen LogP contribution in [-0.2, 0) is 4.79 Å². The third-order valence-corrected chi connectivity index (χ3v) is 5.28. The Morgan fingerprint density at radius 1 is 1.25 bits per heavy atom. The van der Waals surface area contributed by atoms with Gasteiger partial charge in [0.2, 0.25) is 11.1 Å². The van der Waals surface area contributed by atoms with Crippen molar-refractivity contribution in [2.75, 3.05) is 12.3 Å². The van der Waals surface area contributed by atoms with E-state index < -0.39 is 0 Å². The maximum Gasteiger partial charge on any atom is 0.230 e. The molecular weight excluding hydrogens is 320 g/mol. The lowest BCUT2D eigenvalue weighted by atomic mass is 9.89. The largest absolute Gasteiger partial charge is 0.355 e. The van der Waals surface area contributed by atoms with Gasteiger partial charge in [0.15, 0.2) is 5.82 Å². The molecular formula is C18H24N4OS. The summed E-state index contributed by atoms with van der Waals surface area (Å²) < 4.78 is 0. The highest BCUT2D eigenvalue weighted by molar-refractivity contribution is 7.99. The first-order valence-electron chi connectivity index (χ1n) is 8.59. The molecule has 2 aromatic rings. The molecule has 0 atom stereocenters. The van der Waals surface area contributed by atoms with E-state index in [-0.39, 0.29) is 5.91 Å². The summed E-state index contributed by atoms with van der Waals surface area (Å²) in [6.07, 6.45) is 6.43. The summed E-state index contributed by atoms with van der Waals surface area (Å²) in [7, 11) is 0. The molecule has 1 fully saturated rings. The summed E-state index contributed by atoms with van der Waals surface area (Å²) in [6.45, 7) is 2.86. The minimum Gasteiger partial charge on any atom is -0.355 e. The average molecular weight is 344 g/mol. The van der Waals surface area contributed by atoms with Gasteiger partial charge in [0.05, 0.1) is 5.75 Å². The fraction of sp³-hybridized carbons (Fsp3) is 0.500. The van der Waals surface area contributed by atoms with E-state index in [0.717, 1.165) is 17.9 Å². The fourth-order valence-electron chi connectivity index (χ4n) is 2.98. The average Bonchev–Trinajstić information content (AvgIpc) is 3.09. The molecule has 1 amide bonds. The smallest absolute Gasteiger partial charge is 0.230 e. The highest BCUT2D eigenvalue weighted by Crippen LogP contribution is 2.23. The van der Waals surface area contributed by atoms with E-state index in [2.05, 4.69) is 27.4 Å². The highest BCUT2D eigenvalue weighted by atomic mass is 32.2. The maximum atomic E-state index is 12.0. The van der Waals surface area contributed by atoms with Gasteiger partial charge in [-0.1, -0.05) is 60.9 Å². The topological polar surface area (TPSA) is 70.7 Å². The SMILES string of the molecule is Cc1ccc(-c2nc(SCC(=O)NCC3CCCCC3)n[nH]2)cc1. The molecule has 6 heteroatoms. The Labute approximate surface area is 147 Å². The van der Waals surface area contributed by atoms with E-state index in [1.807, 2.05) is 24.3 Å². The zero-order valence-electron chi connectivity index (χ0n) is 14.0. The molecule has 0 aliphatic heterocycles. The molecule has 0 bridgehead atoms. The van der Waals surface area contributed by atoms with Gasteiger partial charge in [0.1, 0.15) is 0 Å². The van der Waals surface area contributed by atoms with Crippen LogP contribution < -0.4 is 5.32 Å².